The zero-order valence-corrected chi connectivity index (χ0v) is 14.3. The first-order valence-electron chi connectivity index (χ1n) is 7.87. The Morgan fingerprint density at radius 1 is 1.26 bits per heavy atom. The molecule has 1 aliphatic rings. The van der Waals surface area contributed by atoms with E-state index in [4.69, 9.17) is 0 Å². The van der Waals surface area contributed by atoms with Crippen LogP contribution in [0.15, 0.2) is 41.4 Å². The largest absolute Gasteiger partial charge is 0.356 e. The number of hydrogen-bond donors (Lipinski definition) is 2. The van der Waals surface area contributed by atoms with Gasteiger partial charge in [-0.05, 0) is 49.6 Å². The van der Waals surface area contributed by atoms with Crippen LogP contribution in [-0.4, -0.2) is 19.6 Å². The number of thiophene rings is 1. The Labute approximate surface area is 140 Å². The standard InChI is InChI=1S/C18H22FN3S/c1-13-6-7-16(23-13)11-21-17(20-2)22-12-18(8-9-18)14-4-3-5-15(19)10-14/h3-7,10H,8-9,11-12H2,1-2H3,(H2,20,21,22). The highest BCUT2D eigenvalue weighted by molar-refractivity contribution is 7.11. The van der Waals surface area contributed by atoms with Gasteiger partial charge in [-0.1, -0.05) is 12.1 Å². The van der Waals surface area contributed by atoms with Crippen molar-refractivity contribution in [2.45, 2.75) is 31.7 Å². The number of nitrogens with zero attached hydrogens (tertiary/aromatic N) is 1. The smallest absolute Gasteiger partial charge is 0.191 e. The van der Waals surface area contributed by atoms with Crippen LogP contribution < -0.4 is 10.6 Å². The van der Waals surface area contributed by atoms with Gasteiger partial charge in [0.2, 0.25) is 0 Å². The highest BCUT2D eigenvalue weighted by Crippen LogP contribution is 2.47. The molecule has 3 rings (SSSR count). The van der Waals surface area contributed by atoms with Gasteiger partial charge >= 0.3 is 0 Å². The first-order chi connectivity index (χ1) is 11.1. The monoisotopic (exact) mass is 331 g/mol. The normalized spacial score (nSPS) is 16.2. The minimum Gasteiger partial charge on any atom is -0.356 e. The van der Waals surface area contributed by atoms with Crippen LogP contribution in [0.5, 0.6) is 0 Å². The molecular formula is C18H22FN3S. The maximum absolute atomic E-state index is 13.4. The fourth-order valence-corrected chi connectivity index (χ4v) is 3.59. The molecule has 2 aromatic rings. The molecule has 23 heavy (non-hydrogen) atoms. The van der Waals surface area contributed by atoms with Gasteiger partial charge in [0.25, 0.3) is 0 Å². The lowest BCUT2D eigenvalue weighted by atomic mass is 9.96. The molecule has 0 spiro atoms. The summed E-state index contributed by atoms with van der Waals surface area (Å²) in [6.07, 6.45) is 2.18. The number of aliphatic imine (C=N–C) groups is 1. The van der Waals surface area contributed by atoms with Crippen LogP contribution in [-0.2, 0) is 12.0 Å². The fraction of sp³-hybridized carbons (Fsp3) is 0.389. The van der Waals surface area contributed by atoms with E-state index in [1.807, 2.05) is 6.07 Å². The van der Waals surface area contributed by atoms with Crippen molar-refractivity contribution in [2.75, 3.05) is 13.6 Å². The Bertz CT molecular complexity index is 704. The summed E-state index contributed by atoms with van der Waals surface area (Å²) in [4.78, 5) is 6.88. The lowest BCUT2D eigenvalue weighted by Gasteiger charge is -2.19. The highest BCUT2D eigenvalue weighted by atomic mass is 32.1. The van der Waals surface area contributed by atoms with E-state index in [0.717, 1.165) is 37.5 Å². The van der Waals surface area contributed by atoms with Gasteiger partial charge in [-0.2, -0.15) is 0 Å². The molecular weight excluding hydrogens is 309 g/mol. The second-order valence-corrected chi connectivity index (χ2v) is 7.45. The third-order valence-electron chi connectivity index (χ3n) is 4.33. The summed E-state index contributed by atoms with van der Waals surface area (Å²) in [6, 6.07) is 11.2. The van der Waals surface area contributed by atoms with Crippen molar-refractivity contribution >= 4 is 17.3 Å². The van der Waals surface area contributed by atoms with Crippen LogP contribution in [0.2, 0.25) is 0 Å². The lowest BCUT2D eigenvalue weighted by Crippen LogP contribution is -2.40. The second kappa shape index (κ2) is 6.71. The molecule has 2 N–H and O–H groups in total. The maximum atomic E-state index is 13.4. The summed E-state index contributed by atoms with van der Waals surface area (Å²) >= 11 is 1.79. The Hall–Kier alpha value is -1.88. The second-order valence-electron chi connectivity index (χ2n) is 6.08. The number of benzene rings is 1. The van der Waals surface area contributed by atoms with Crippen molar-refractivity contribution in [3.8, 4) is 0 Å². The van der Waals surface area contributed by atoms with Crippen molar-refractivity contribution in [3.63, 3.8) is 0 Å². The first kappa shape index (κ1) is 16.0. The van der Waals surface area contributed by atoms with Gasteiger partial charge < -0.3 is 10.6 Å². The Morgan fingerprint density at radius 2 is 2.09 bits per heavy atom. The highest BCUT2D eigenvalue weighted by Gasteiger charge is 2.44. The van der Waals surface area contributed by atoms with Gasteiger partial charge in [0.05, 0.1) is 6.54 Å². The van der Waals surface area contributed by atoms with Crippen molar-refractivity contribution < 1.29 is 4.39 Å². The average Bonchev–Trinajstić information content (AvgIpc) is 3.23. The first-order valence-corrected chi connectivity index (χ1v) is 8.69. The summed E-state index contributed by atoms with van der Waals surface area (Å²) in [7, 11) is 1.77. The molecule has 0 unspecified atom stereocenters. The molecule has 0 bridgehead atoms. The number of nitrogens with one attached hydrogen (secondary N) is 2. The molecule has 0 atom stereocenters. The molecule has 1 aromatic heterocycles. The van der Waals surface area contributed by atoms with E-state index in [1.54, 1.807) is 30.5 Å². The van der Waals surface area contributed by atoms with Crippen LogP contribution >= 0.6 is 11.3 Å². The van der Waals surface area contributed by atoms with Crippen molar-refractivity contribution in [1.82, 2.24) is 10.6 Å². The minimum absolute atomic E-state index is 0.0548. The van der Waals surface area contributed by atoms with E-state index < -0.39 is 0 Å². The third-order valence-corrected chi connectivity index (χ3v) is 5.34. The van der Waals surface area contributed by atoms with Gasteiger partial charge in [-0.15, -0.1) is 11.3 Å². The van der Waals surface area contributed by atoms with E-state index in [-0.39, 0.29) is 11.2 Å². The molecule has 0 radical (unpaired) electrons. The number of aryl methyl sites for hydroxylation is 1. The summed E-state index contributed by atoms with van der Waals surface area (Å²) in [6.45, 7) is 3.65. The summed E-state index contributed by atoms with van der Waals surface area (Å²) in [5.74, 6) is 0.628. The SMILES string of the molecule is CN=C(NCc1ccc(C)s1)NCC1(c2cccc(F)c2)CC1. The van der Waals surface area contributed by atoms with Crippen LogP contribution in [0.4, 0.5) is 4.39 Å². The van der Waals surface area contributed by atoms with Crippen LogP contribution in [0, 0.1) is 12.7 Å². The predicted octanol–water partition coefficient (Wildman–Crippen LogP) is 3.59. The molecule has 1 fully saturated rings. The van der Waals surface area contributed by atoms with E-state index in [0.29, 0.717) is 0 Å². The van der Waals surface area contributed by atoms with E-state index in [9.17, 15) is 4.39 Å². The Morgan fingerprint density at radius 3 is 2.70 bits per heavy atom. The van der Waals surface area contributed by atoms with Crippen molar-refractivity contribution in [2.24, 2.45) is 4.99 Å². The van der Waals surface area contributed by atoms with E-state index in [1.165, 1.54) is 15.8 Å². The molecule has 1 saturated carbocycles. The van der Waals surface area contributed by atoms with Gasteiger partial charge in [-0.25, -0.2) is 4.39 Å². The molecule has 0 saturated heterocycles. The quantitative estimate of drug-likeness (QED) is 0.649. The van der Waals surface area contributed by atoms with Crippen molar-refractivity contribution in [1.29, 1.82) is 0 Å². The topological polar surface area (TPSA) is 36.4 Å². The van der Waals surface area contributed by atoms with E-state index >= 15 is 0 Å². The molecule has 1 heterocycles. The Kier molecular flexibility index (Phi) is 4.66. The lowest BCUT2D eigenvalue weighted by molar-refractivity contribution is 0.607. The van der Waals surface area contributed by atoms with Gasteiger partial charge in [-0.3, -0.25) is 4.99 Å². The summed E-state index contributed by atoms with van der Waals surface area (Å²) < 4.78 is 13.4. The fourth-order valence-electron chi connectivity index (χ4n) is 2.76. The molecule has 122 valence electrons. The molecule has 1 aromatic carbocycles. The molecule has 0 amide bonds. The van der Waals surface area contributed by atoms with Crippen LogP contribution in [0.1, 0.15) is 28.2 Å². The summed E-state index contributed by atoms with van der Waals surface area (Å²) in [5.41, 5.74) is 1.13. The molecule has 5 heteroatoms. The predicted molar refractivity (Wildman–Crippen MR) is 94.6 cm³/mol. The maximum Gasteiger partial charge on any atom is 0.191 e. The zero-order chi connectivity index (χ0) is 16.3. The van der Waals surface area contributed by atoms with Gasteiger partial charge in [0.15, 0.2) is 5.96 Å². The van der Waals surface area contributed by atoms with Gasteiger partial charge in [0, 0.05) is 28.8 Å². The molecule has 1 aliphatic carbocycles. The van der Waals surface area contributed by atoms with Crippen LogP contribution in [0.25, 0.3) is 0 Å². The molecule has 0 aliphatic heterocycles. The number of hydrogen-bond acceptors (Lipinski definition) is 2. The number of halogens is 1. The van der Waals surface area contributed by atoms with Crippen molar-refractivity contribution in [3.05, 3.63) is 57.5 Å². The number of guanidine groups is 1. The molecule has 3 nitrogen and oxygen atoms in total. The Balaban J connectivity index is 1.56. The van der Waals surface area contributed by atoms with Gasteiger partial charge in [0.1, 0.15) is 5.82 Å². The summed E-state index contributed by atoms with van der Waals surface area (Å²) in [5, 5.41) is 6.73. The third kappa shape index (κ3) is 3.91. The average molecular weight is 331 g/mol. The van der Waals surface area contributed by atoms with Crippen LogP contribution in [0.3, 0.4) is 0 Å². The number of rotatable bonds is 5. The minimum atomic E-state index is -0.163. The van der Waals surface area contributed by atoms with E-state index in [2.05, 4.69) is 34.7 Å². The zero-order valence-electron chi connectivity index (χ0n) is 13.5.